The lowest BCUT2D eigenvalue weighted by Crippen LogP contribution is -2.43. The number of thiophene rings is 1. The van der Waals surface area contributed by atoms with Gasteiger partial charge in [0.05, 0.1) is 23.2 Å². The first-order valence-corrected chi connectivity index (χ1v) is 13.1. The van der Waals surface area contributed by atoms with Gasteiger partial charge in [0.15, 0.2) is 9.84 Å². The molecular weight excluding hydrogens is 448 g/mol. The number of ether oxygens (including phenoxy) is 1. The number of nitrogens with two attached hydrogens (primary N) is 1. The van der Waals surface area contributed by atoms with Crippen LogP contribution >= 0.6 is 11.3 Å². The Hall–Kier alpha value is -2.85. The summed E-state index contributed by atoms with van der Waals surface area (Å²) in [5, 5.41) is 3.84. The molecule has 3 N–H and O–H groups in total. The van der Waals surface area contributed by atoms with Crippen LogP contribution in [-0.4, -0.2) is 56.6 Å². The van der Waals surface area contributed by atoms with Crippen LogP contribution in [0.3, 0.4) is 0 Å². The second kappa shape index (κ2) is 7.93. The van der Waals surface area contributed by atoms with Crippen LogP contribution in [0.5, 0.6) is 5.75 Å². The Morgan fingerprint density at radius 1 is 1.25 bits per heavy atom. The minimum absolute atomic E-state index is 0.166. The molecular formula is C22H24N4O4S2. The first-order chi connectivity index (χ1) is 15.3. The number of nitrogens with zero attached hydrogens (tertiary/aromatic N) is 2. The van der Waals surface area contributed by atoms with E-state index in [1.807, 2.05) is 37.3 Å². The average Bonchev–Trinajstić information content (AvgIpc) is 3.09. The molecule has 1 fully saturated rings. The normalized spacial score (nSPS) is 19.9. The van der Waals surface area contributed by atoms with Gasteiger partial charge in [-0.05, 0) is 37.1 Å². The fourth-order valence-electron chi connectivity index (χ4n) is 4.13. The largest absolute Gasteiger partial charge is 0.491 e. The standard InChI is InChI=1S/C22H24N4O4S2/c1-13-2-5-17-19(23)20(31-22(17)24-13)21(27)25-15-10-14-3-4-16(11-18(14)30-12-15)26-6-8-32(28,29)9-7-26/h2-5,11,15H,6-10,12,23H2,1H3,(H,25,27)/t15-/m1/s1. The molecule has 32 heavy (non-hydrogen) atoms. The molecule has 0 spiro atoms. The molecule has 2 aliphatic heterocycles. The van der Waals surface area contributed by atoms with Gasteiger partial charge in [0.1, 0.15) is 22.1 Å². The first-order valence-electron chi connectivity index (χ1n) is 10.5. The fraction of sp³-hybridized carbons (Fsp3) is 0.364. The lowest BCUT2D eigenvalue weighted by Gasteiger charge is -2.31. The van der Waals surface area contributed by atoms with Crippen LogP contribution in [0, 0.1) is 6.92 Å². The molecule has 168 valence electrons. The van der Waals surface area contributed by atoms with Crippen molar-refractivity contribution in [3.8, 4) is 5.75 Å². The fourth-order valence-corrected chi connectivity index (χ4v) is 6.37. The van der Waals surface area contributed by atoms with Crippen molar-refractivity contribution in [1.82, 2.24) is 10.3 Å². The van der Waals surface area contributed by atoms with E-state index in [0.717, 1.165) is 32.9 Å². The number of nitrogens with one attached hydrogen (secondary N) is 1. The van der Waals surface area contributed by atoms with Gasteiger partial charge in [-0.1, -0.05) is 6.07 Å². The van der Waals surface area contributed by atoms with Crippen molar-refractivity contribution >= 4 is 48.7 Å². The highest BCUT2D eigenvalue weighted by molar-refractivity contribution is 7.91. The number of carbonyl (C=O) groups is 1. The van der Waals surface area contributed by atoms with E-state index in [9.17, 15) is 13.2 Å². The molecule has 0 unspecified atom stereocenters. The highest BCUT2D eigenvalue weighted by Crippen LogP contribution is 2.33. The van der Waals surface area contributed by atoms with Crippen molar-refractivity contribution in [1.29, 1.82) is 0 Å². The van der Waals surface area contributed by atoms with Crippen molar-refractivity contribution in [2.24, 2.45) is 0 Å². The number of nitrogen functional groups attached to an aromatic ring is 1. The summed E-state index contributed by atoms with van der Waals surface area (Å²) in [5.74, 6) is 0.915. The maximum absolute atomic E-state index is 12.9. The molecule has 5 rings (SSSR count). The van der Waals surface area contributed by atoms with Gasteiger partial charge < -0.3 is 20.7 Å². The highest BCUT2D eigenvalue weighted by Gasteiger charge is 2.26. The van der Waals surface area contributed by atoms with Crippen LogP contribution in [0.15, 0.2) is 30.3 Å². The number of anilines is 2. The summed E-state index contributed by atoms with van der Waals surface area (Å²) in [6, 6.07) is 9.56. The molecule has 0 radical (unpaired) electrons. The van der Waals surface area contributed by atoms with Crippen molar-refractivity contribution in [3.63, 3.8) is 0 Å². The van der Waals surface area contributed by atoms with E-state index in [-0.39, 0.29) is 23.5 Å². The molecule has 4 heterocycles. The van der Waals surface area contributed by atoms with E-state index in [2.05, 4.69) is 15.2 Å². The number of hydrogen-bond acceptors (Lipinski definition) is 8. The molecule has 2 aromatic heterocycles. The second-order valence-electron chi connectivity index (χ2n) is 8.27. The third kappa shape index (κ3) is 4.00. The van der Waals surface area contributed by atoms with E-state index >= 15 is 0 Å². The van der Waals surface area contributed by atoms with E-state index < -0.39 is 9.84 Å². The van der Waals surface area contributed by atoms with Crippen molar-refractivity contribution in [2.75, 3.05) is 41.8 Å². The van der Waals surface area contributed by atoms with Gasteiger partial charge in [0.25, 0.3) is 5.91 Å². The quantitative estimate of drug-likeness (QED) is 0.600. The molecule has 1 atom stereocenters. The number of pyridine rings is 1. The summed E-state index contributed by atoms with van der Waals surface area (Å²) < 4.78 is 29.3. The zero-order valence-corrected chi connectivity index (χ0v) is 19.3. The Labute approximate surface area is 190 Å². The summed E-state index contributed by atoms with van der Waals surface area (Å²) >= 11 is 1.30. The molecule has 2 aliphatic rings. The van der Waals surface area contributed by atoms with Crippen LogP contribution in [0.25, 0.3) is 10.2 Å². The third-order valence-electron chi connectivity index (χ3n) is 5.94. The number of hydrogen-bond donors (Lipinski definition) is 2. The highest BCUT2D eigenvalue weighted by atomic mass is 32.2. The molecule has 3 aromatic rings. The number of sulfone groups is 1. The van der Waals surface area contributed by atoms with Crippen molar-refractivity contribution in [2.45, 2.75) is 19.4 Å². The van der Waals surface area contributed by atoms with Gasteiger partial charge in [-0.25, -0.2) is 13.4 Å². The Morgan fingerprint density at radius 3 is 2.81 bits per heavy atom. The van der Waals surface area contributed by atoms with Crippen molar-refractivity contribution < 1.29 is 17.9 Å². The predicted molar refractivity (Wildman–Crippen MR) is 127 cm³/mol. The summed E-state index contributed by atoms with van der Waals surface area (Å²) in [7, 11) is -2.92. The minimum atomic E-state index is -2.92. The number of amides is 1. The lowest BCUT2D eigenvalue weighted by molar-refractivity contribution is 0.0920. The number of benzene rings is 1. The van der Waals surface area contributed by atoms with E-state index in [4.69, 9.17) is 10.5 Å². The number of aryl methyl sites for hydroxylation is 1. The van der Waals surface area contributed by atoms with Gasteiger partial charge >= 0.3 is 0 Å². The maximum atomic E-state index is 12.9. The lowest BCUT2D eigenvalue weighted by atomic mass is 10.0. The van der Waals surface area contributed by atoms with Crippen LogP contribution in [-0.2, 0) is 16.3 Å². The van der Waals surface area contributed by atoms with Crippen molar-refractivity contribution in [3.05, 3.63) is 46.5 Å². The summed E-state index contributed by atoms with van der Waals surface area (Å²) in [6.45, 7) is 3.25. The van der Waals surface area contributed by atoms with Gasteiger partial charge in [0, 0.05) is 35.9 Å². The number of fused-ring (bicyclic) bond motifs is 2. The topological polar surface area (TPSA) is 115 Å². The maximum Gasteiger partial charge on any atom is 0.263 e. The Bertz CT molecular complexity index is 1300. The number of aromatic nitrogens is 1. The Balaban J connectivity index is 1.28. The third-order valence-corrected chi connectivity index (χ3v) is 8.66. The van der Waals surface area contributed by atoms with Gasteiger partial charge in [-0.15, -0.1) is 11.3 Å². The molecule has 1 amide bonds. The molecule has 0 saturated carbocycles. The van der Waals surface area contributed by atoms with Gasteiger partial charge in [-0.2, -0.15) is 0 Å². The summed E-state index contributed by atoms with van der Waals surface area (Å²) in [6.07, 6.45) is 0.651. The Morgan fingerprint density at radius 2 is 2.03 bits per heavy atom. The average molecular weight is 473 g/mol. The molecule has 1 aromatic carbocycles. The van der Waals surface area contributed by atoms with E-state index in [0.29, 0.717) is 36.7 Å². The molecule has 0 bridgehead atoms. The molecule has 1 saturated heterocycles. The minimum Gasteiger partial charge on any atom is -0.491 e. The zero-order valence-electron chi connectivity index (χ0n) is 17.6. The molecule has 0 aliphatic carbocycles. The smallest absolute Gasteiger partial charge is 0.263 e. The monoisotopic (exact) mass is 472 g/mol. The number of rotatable bonds is 3. The van der Waals surface area contributed by atoms with Crippen LogP contribution in [0.1, 0.15) is 20.9 Å². The zero-order chi connectivity index (χ0) is 22.5. The van der Waals surface area contributed by atoms with E-state index in [1.54, 1.807) is 0 Å². The van der Waals surface area contributed by atoms with Gasteiger partial charge in [0.2, 0.25) is 0 Å². The Kier molecular flexibility index (Phi) is 5.21. The van der Waals surface area contributed by atoms with Gasteiger partial charge in [-0.3, -0.25) is 4.79 Å². The van der Waals surface area contributed by atoms with Crippen LogP contribution in [0.4, 0.5) is 11.4 Å². The van der Waals surface area contributed by atoms with Crippen LogP contribution < -0.4 is 20.7 Å². The second-order valence-corrected chi connectivity index (χ2v) is 11.6. The molecule has 8 nitrogen and oxygen atoms in total. The van der Waals surface area contributed by atoms with E-state index in [1.165, 1.54) is 11.3 Å². The predicted octanol–water partition coefficient (Wildman–Crippen LogP) is 2.16. The number of carbonyl (C=O) groups excluding carboxylic acids is 1. The SMILES string of the molecule is Cc1ccc2c(N)c(C(=O)N[C@H]3COc4cc(N5CCS(=O)(=O)CC5)ccc4C3)sc2n1. The first kappa shape index (κ1) is 21.0. The molecule has 10 heteroatoms. The summed E-state index contributed by atoms with van der Waals surface area (Å²) in [4.78, 5) is 20.7. The van der Waals surface area contributed by atoms with Crippen LogP contribution in [0.2, 0.25) is 0 Å². The summed E-state index contributed by atoms with van der Waals surface area (Å²) in [5.41, 5.74) is 9.52.